The highest BCUT2D eigenvalue weighted by molar-refractivity contribution is 5.98. The fourth-order valence-electron chi connectivity index (χ4n) is 5.09. The summed E-state index contributed by atoms with van der Waals surface area (Å²) in [5.74, 6) is -0.410. The molecule has 1 N–H and O–H groups in total. The number of likely N-dealkylation sites (N-methyl/N-ethyl adjacent to an activating group) is 1. The van der Waals surface area contributed by atoms with Gasteiger partial charge in [-0.3, -0.25) is 9.78 Å². The third-order valence-electron chi connectivity index (χ3n) is 7.30. The number of pyridine rings is 1. The minimum Gasteiger partial charge on any atom is -0.370 e. The van der Waals surface area contributed by atoms with E-state index in [2.05, 4.69) is 40.3 Å². The number of aromatic nitrogens is 1. The lowest BCUT2D eigenvalue weighted by Gasteiger charge is -2.37. The Balaban J connectivity index is 1.42. The Hall–Kier alpha value is -2.99. The quantitative estimate of drug-likeness (QED) is 0.621. The van der Waals surface area contributed by atoms with Crippen LogP contribution in [0, 0.1) is 12.7 Å². The number of fused-ring (bicyclic) bond motifs is 1. The number of halogens is 1. The number of hydrogen-bond acceptors (Lipinski definition) is 4. The molecule has 172 valence electrons. The molecule has 1 aliphatic heterocycles. The number of carbonyl (C=O) groups excluding carboxylic acids is 1. The van der Waals surface area contributed by atoms with E-state index in [1.54, 1.807) is 12.3 Å². The van der Waals surface area contributed by atoms with E-state index >= 15 is 0 Å². The zero-order chi connectivity index (χ0) is 23.2. The molecule has 1 unspecified atom stereocenters. The van der Waals surface area contributed by atoms with Crippen LogP contribution in [0.5, 0.6) is 0 Å². The minimum absolute atomic E-state index is 0.0746. The van der Waals surface area contributed by atoms with Crippen molar-refractivity contribution in [2.45, 2.75) is 44.2 Å². The number of rotatable bonds is 5. The highest BCUT2D eigenvalue weighted by atomic mass is 19.1. The molecule has 5 rings (SSSR count). The van der Waals surface area contributed by atoms with Crippen molar-refractivity contribution in [3.63, 3.8) is 0 Å². The Morgan fingerprint density at radius 1 is 1.21 bits per heavy atom. The van der Waals surface area contributed by atoms with Crippen molar-refractivity contribution >= 4 is 22.5 Å². The van der Waals surface area contributed by atoms with Gasteiger partial charge in [0.1, 0.15) is 11.3 Å². The maximum absolute atomic E-state index is 14.3. The van der Waals surface area contributed by atoms with Crippen LogP contribution in [0.25, 0.3) is 10.9 Å². The molecule has 1 saturated carbocycles. The van der Waals surface area contributed by atoms with Crippen LogP contribution in [0.2, 0.25) is 0 Å². The van der Waals surface area contributed by atoms with Crippen LogP contribution in [0.15, 0.2) is 48.7 Å². The minimum atomic E-state index is -0.463. The molecular formula is C27H31FN4O. The first-order chi connectivity index (χ1) is 15.9. The maximum atomic E-state index is 14.3. The standard InChI is InChI=1S/C27H31FN4O/c1-18-8-9-19(32-15-5-6-20(17-32)31(2)3)16-22(18)26(33)30-27(12-13-27)23-10-11-24(28)25-21(23)7-4-14-29-25/h4,7-11,14,16,20H,5-6,12-13,15,17H2,1-3H3,(H,30,33). The third kappa shape index (κ3) is 4.08. The van der Waals surface area contributed by atoms with Gasteiger partial charge in [0, 0.05) is 42.0 Å². The molecule has 1 aromatic heterocycles. The normalized spacial score (nSPS) is 19.7. The molecule has 2 aliphatic rings. The topological polar surface area (TPSA) is 48.5 Å². The number of nitrogens with one attached hydrogen (secondary N) is 1. The smallest absolute Gasteiger partial charge is 0.252 e. The van der Waals surface area contributed by atoms with Gasteiger partial charge in [-0.05, 0) is 82.1 Å². The van der Waals surface area contributed by atoms with Crippen LogP contribution in [0.1, 0.15) is 47.2 Å². The molecule has 0 spiro atoms. The second kappa shape index (κ2) is 8.41. The predicted octanol–water partition coefficient (Wildman–Crippen LogP) is 4.63. The molecule has 2 aromatic carbocycles. The molecule has 2 heterocycles. The van der Waals surface area contributed by atoms with E-state index in [1.165, 1.54) is 12.5 Å². The summed E-state index contributed by atoms with van der Waals surface area (Å²) in [5.41, 5.74) is 3.59. The van der Waals surface area contributed by atoms with Crippen LogP contribution in [-0.2, 0) is 5.54 Å². The molecular weight excluding hydrogens is 415 g/mol. The summed E-state index contributed by atoms with van der Waals surface area (Å²) < 4.78 is 14.3. The van der Waals surface area contributed by atoms with Gasteiger partial charge in [-0.1, -0.05) is 18.2 Å². The van der Waals surface area contributed by atoms with Gasteiger partial charge >= 0.3 is 0 Å². The lowest BCUT2D eigenvalue weighted by atomic mass is 9.97. The van der Waals surface area contributed by atoms with E-state index in [0.717, 1.165) is 54.6 Å². The Kier molecular flexibility index (Phi) is 5.57. The maximum Gasteiger partial charge on any atom is 0.252 e. The van der Waals surface area contributed by atoms with Gasteiger partial charge in [0.2, 0.25) is 0 Å². The summed E-state index contributed by atoms with van der Waals surface area (Å²) in [4.78, 5) is 22.4. The molecule has 1 aliphatic carbocycles. The van der Waals surface area contributed by atoms with E-state index in [0.29, 0.717) is 17.1 Å². The molecule has 5 nitrogen and oxygen atoms in total. The summed E-state index contributed by atoms with van der Waals surface area (Å²) in [7, 11) is 4.26. The first kappa shape index (κ1) is 21.8. The van der Waals surface area contributed by atoms with Crippen LogP contribution in [0.3, 0.4) is 0 Å². The Bertz CT molecular complexity index is 1200. The van der Waals surface area contributed by atoms with E-state index < -0.39 is 5.54 Å². The number of anilines is 1. The van der Waals surface area contributed by atoms with Crippen LogP contribution >= 0.6 is 0 Å². The van der Waals surface area contributed by atoms with E-state index in [4.69, 9.17) is 0 Å². The van der Waals surface area contributed by atoms with Gasteiger partial charge in [0.15, 0.2) is 0 Å². The molecule has 1 amide bonds. The molecule has 33 heavy (non-hydrogen) atoms. The summed E-state index contributed by atoms with van der Waals surface area (Å²) in [6.07, 6.45) is 5.62. The lowest BCUT2D eigenvalue weighted by Crippen LogP contribution is -2.45. The number of aryl methyl sites for hydroxylation is 1. The van der Waals surface area contributed by atoms with Gasteiger partial charge in [0.25, 0.3) is 5.91 Å². The molecule has 1 atom stereocenters. The zero-order valence-corrected chi connectivity index (χ0v) is 19.6. The number of hydrogen-bond donors (Lipinski definition) is 1. The Morgan fingerprint density at radius 2 is 2.03 bits per heavy atom. The second-order valence-corrected chi connectivity index (χ2v) is 9.74. The Morgan fingerprint density at radius 3 is 2.79 bits per heavy atom. The second-order valence-electron chi connectivity index (χ2n) is 9.74. The van der Waals surface area contributed by atoms with E-state index in [-0.39, 0.29) is 11.7 Å². The van der Waals surface area contributed by atoms with Crippen LogP contribution < -0.4 is 10.2 Å². The third-order valence-corrected chi connectivity index (χ3v) is 7.30. The first-order valence-corrected chi connectivity index (χ1v) is 11.8. The largest absolute Gasteiger partial charge is 0.370 e. The van der Waals surface area contributed by atoms with Gasteiger partial charge in [-0.2, -0.15) is 0 Å². The van der Waals surface area contributed by atoms with E-state index in [9.17, 15) is 9.18 Å². The predicted molar refractivity (Wildman–Crippen MR) is 130 cm³/mol. The van der Waals surface area contributed by atoms with E-state index in [1.807, 2.05) is 31.2 Å². The summed E-state index contributed by atoms with van der Waals surface area (Å²) >= 11 is 0. The number of benzene rings is 2. The molecule has 0 radical (unpaired) electrons. The van der Waals surface area contributed by atoms with Crippen LogP contribution in [0.4, 0.5) is 10.1 Å². The monoisotopic (exact) mass is 446 g/mol. The lowest BCUT2D eigenvalue weighted by molar-refractivity contribution is 0.0930. The summed E-state index contributed by atoms with van der Waals surface area (Å²) in [6, 6.07) is 13.7. The van der Waals surface area contributed by atoms with Gasteiger partial charge < -0.3 is 15.1 Å². The van der Waals surface area contributed by atoms with Crippen molar-refractivity contribution in [1.29, 1.82) is 0 Å². The number of nitrogens with zero attached hydrogens (tertiary/aromatic N) is 3. The average molecular weight is 447 g/mol. The fourth-order valence-corrected chi connectivity index (χ4v) is 5.09. The highest BCUT2D eigenvalue weighted by Crippen LogP contribution is 2.48. The summed E-state index contributed by atoms with van der Waals surface area (Å²) in [6.45, 7) is 3.96. The molecule has 3 aromatic rings. The van der Waals surface area contributed by atoms with Crippen molar-refractivity contribution < 1.29 is 9.18 Å². The molecule has 6 heteroatoms. The van der Waals surface area contributed by atoms with Crippen LogP contribution in [-0.4, -0.2) is 49.0 Å². The van der Waals surface area contributed by atoms with Gasteiger partial charge in [-0.25, -0.2) is 4.39 Å². The SMILES string of the molecule is Cc1ccc(N2CCCC(N(C)C)C2)cc1C(=O)NC1(c2ccc(F)c3ncccc23)CC1. The number of amides is 1. The van der Waals surface area contributed by atoms with Crippen molar-refractivity contribution in [2.75, 3.05) is 32.1 Å². The van der Waals surface area contributed by atoms with Crippen molar-refractivity contribution in [3.8, 4) is 0 Å². The summed E-state index contributed by atoms with van der Waals surface area (Å²) in [5, 5.41) is 4.06. The van der Waals surface area contributed by atoms with Crippen molar-refractivity contribution in [2.24, 2.45) is 0 Å². The van der Waals surface area contributed by atoms with Crippen molar-refractivity contribution in [3.05, 3.63) is 71.2 Å². The number of piperidine rings is 1. The zero-order valence-electron chi connectivity index (χ0n) is 19.6. The highest BCUT2D eigenvalue weighted by Gasteiger charge is 2.47. The fraction of sp³-hybridized carbons (Fsp3) is 0.407. The van der Waals surface area contributed by atoms with Gasteiger partial charge in [-0.15, -0.1) is 0 Å². The molecule has 2 fully saturated rings. The molecule has 0 bridgehead atoms. The molecule has 1 saturated heterocycles. The average Bonchev–Trinajstić information content (AvgIpc) is 3.60. The first-order valence-electron chi connectivity index (χ1n) is 11.8. The number of carbonyl (C=O) groups is 1. The van der Waals surface area contributed by atoms with Crippen molar-refractivity contribution in [1.82, 2.24) is 15.2 Å². The Labute approximate surface area is 194 Å². The van der Waals surface area contributed by atoms with Gasteiger partial charge in [0.05, 0.1) is 5.54 Å².